The first-order valence-corrected chi connectivity index (χ1v) is 9.06. The number of rotatable bonds is 3. The normalized spacial score (nSPS) is 22.2. The first-order valence-electron chi connectivity index (χ1n) is 8.18. The molecule has 2 saturated heterocycles. The fourth-order valence-electron chi connectivity index (χ4n) is 3.44. The zero-order valence-corrected chi connectivity index (χ0v) is 15.2. The van der Waals surface area contributed by atoms with Crippen molar-refractivity contribution in [3.05, 3.63) is 41.2 Å². The number of nitrogens with zero attached hydrogens (tertiary/aromatic N) is 1. The Hall–Kier alpha value is -1.83. The molecule has 2 bridgehead atoms. The predicted molar refractivity (Wildman–Crippen MR) is 98.7 cm³/mol. The Morgan fingerprint density at radius 1 is 1.24 bits per heavy atom. The number of carbonyl (C=O) groups is 2. The summed E-state index contributed by atoms with van der Waals surface area (Å²) in [5.41, 5.74) is 0.553. The van der Waals surface area contributed by atoms with Crippen LogP contribution in [-0.4, -0.2) is 41.9 Å². The lowest BCUT2D eigenvalue weighted by Gasteiger charge is -2.24. The minimum absolute atomic E-state index is 0. The molecule has 2 atom stereocenters. The van der Waals surface area contributed by atoms with Crippen molar-refractivity contribution >= 4 is 40.6 Å². The zero-order chi connectivity index (χ0) is 16.5. The van der Waals surface area contributed by atoms with E-state index in [4.69, 9.17) is 4.42 Å². The Bertz CT molecular complexity index is 746. The molecule has 0 aliphatic carbocycles. The van der Waals surface area contributed by atoms with Crippen molar-refractivity contribution in [3.8, 4) is 0 Å². The van der Waals surface area contributed by atoms with Gasteiger partial charge in [0, 0.05) is 25.2 Å². The number of thiophene rings is 1. The van der Waals surface area contributed by atoms with Gasteiger partial charge in [-0.3, -0.25) is 9.59 Å². The Labute approximate surface area is 156 Å². The first kappa shape index (κ1) is 18.0. The molecule has 0 spiro atoms. The molecule has 0 saturated carbocycles. The van der Waals surface area contributed by atoms with Crippen molar-refractivity contribution in [2.45, 2.75) is 31.3 Å². The molecule has 2 aliphatic heterocycles. The molecule has 0 aromatic carbocycles. The highest BCUT2D eigenvalue weighted by Crippen LogP contribution is 2.27. The van der Waals surface area contributed by atoms with Gasteiger partial charge in [0.2, 0.25) is 0 Å². The van der Waals surface area contributed by atoms with Gasteiger partial charge in [-0.15, -0.1) is 23.7 Å². The van der Waals surface area contributed by atoms with Gasteiger partial charge < -0.3 is 20.0 Å². The third-order valence-electron chi connectivity index (χ3n) is 4.68. The van der Waals surface area contributed by atoms with Crippen LogP contribution in [0.2, 0.25) is 0 Å². The van der Waals surface area contributed by atoms with Crippen molar-refractivity contribution in [2.24, 2.45) is 0 Å². The van der Waals surface area contributed by atoms with Crippen LogP contribution in [0.15, 0.2) is 34.3 Å². The van der Waals surface area contributed by atoms with Gasteiger partial charge in [0.05, 0.1) is 11.8 Å². The van der Waals surface area contributed by atoms with Crippen LogP contribution < -0.4 is 10.6 Å². The molecule has 2 aromatic heterocycles. The van der Waals surface area contributed by atoms with Crippen molar-refractivity contribution in [1.29, 1.82) is 0 Å². The highest BCUT2D eigenvalue weighted by Gasteiger charge is 2.32. The number of hydrogen-bond acceptors (Lipinski definition) is 5. The quantitative estimate of drug-likeness (QED) is 0.857. The van der Waals surface area contributed by atoms with Gasteiger partial charge in [-0.2, -0.15) is 0 Å². The van der Waals surface area contributed by atoms with E-state index in [1.807, 2.05) is 10.3 Å². The zero-order valence-electron chi connectivity index (χ0n) is 13.6. The number of amides is 2. The van der Waals surface area contributed by atoms with Gasteiger partial charge >= 0.3 is 0 Å². The second kappa shape index (κ2) is 7.59. The molecule has 25 heavy (non-hydrogen) atoms. The summed E-state index contributed by atoms with van der Waals surface area (Å²) in [7, 11) is 0. The fourth-order valence-corrected chi connectivity index (χ4v) is 4.22. The molecule has 134 valence electrons. The van der Waals surface area contributed by atoms with Crippen molar-refractivity contribution in [2.75, 3.05) is 18.4 Å². The summed E-state index contributed by atoms with van der Waals surface area (Å²) >= 11 is 1.35. The number of carbonyl (C=O) groups excluding carboxylic acids is 2. The summed E-state index contributed by atoms with van der Waals surface area (Å²) in [4.78, 5) is 27.0. The summed E-state index contributed by atoms with van der Waals surface area (Å²) in [6.07, 6.45) is 4.77. The monoisotopic (exact) mass is 381 g/mol. The molecule has 2 amide bonds. The maximum atomic E-state index is 12.9. The Morgan fingerprint density at radius 3 is 2.88 bits per heavy atom. The van der Waals surface area contributed by atoms with Crippen LogP contribution in [0, 0.1) is 0 Å². The first-order chi connectivity index (χ1) is 11.7. The highest BCUT2D eigenvalue weighted by atomic mass is 35.5. The van der Waals surface area contributed by atoms with Crippen molar-refractivity contribution in [3.63, 3.8) is 0 Å². The van der Waals surface area contributed by atoms with Gasteiger partial charge in [0.1, 0.15) is 5.00 Å². The molecule has 0 radical (unpaired) electrons. The molecule has 4 heterocycles. The second-order valence-electron chi connectivity index (χ2n) is 6.27. The summed E-state index contributed by atoms with van der Waals surface area (Å²) < 4.78 is 5.10. The third-order valence-corrected chi connectivity index (χ3v) is 5.51. The van der Waals surface area contributed by atoms with Crippen LogP contribution in [0.5, 0.6) is 0 Å². The van der Waals surface area contributed by atoms with Crippen molar-refractivity contribution in [1.82, 2.24) is 10.2 Å². The Kier molecular flexibility index (Phi) is 5.46. The predicted octanol–water partition coefficient (Wildman–Crippen LogP) is 2.98. The van der Waals surface area contributed by atoms with Crippen LogP contribution in [0.3, 0.4) is 0 Å². The molecular formula is C17H20ClN3O3S. The van der Waals surface area contributed by atoms with Crippen LogP contribution in [0.4, 0.5) is 5.00 Å². The number of furan rings is 1. The molecule has 6 nitrogen and oxygen atoms in total. The Morgan fingerprint density at radius 2 is 2.08 bits per heavy atom. The van der Waals surface area contributed by atoms with Crippen LogP contribution in [0.1, 0.15) is 40.2 Å². The maximum absolute atomic E-state index is 12.9. The van der Waals surface area contributed by atoms with E-state index in [1.54, 1.807) is 18.2 Å². The van der Waals surface area contributed by atoms with E-state index in [0.717, 1.165) is 25.9 Å². The van der Waals surface area contributed by atoms with Crippen LogP contribution >= 0.6 is 23.7 Å². The number of likely N-dealkylation sites (tertiary alicyclic amines) is 1. The summed E-state index contributed by atoms with van der Waals surface area (Å²) in [5, 5.41) is 8.76. The molecule has 8 heteroatoms. The highest BCUT2D eigenvalue weighted by molar-refractivity contribution is 7.14. The van der Waals surface area contributed by atoms with E-state index in [-0.39, 0.29) is 30.0 Å². The number of hydrogen-bond donors (Lipinski definition) is 2. The smallest absolute Gasteiger partial charge is 0.291 e. The lowest BCUT2D eigenvalue weighted by Crippen LogP contribution is -2.39. The minimum Gasteiger partial charge on any atom is -0.459 e. The topological polar surface area (TPSA) is 74.6 Å². The number of halogens is 1. The largest absolute Gasteiger partial charge is 0.459 e. The van der Waals surface area contributed by atoms with E-state index in [0.29, 0.717) is 22.6 Å². The van der Waals surface area contributed by atoms with Crippen LogP contribution in [0.25, 0.3) is 0 Å². The average molecular weight is 382 g/mol. The molecule has 4 rings (SSSR count). The summed E-state index contributed by atoms with van der Waals surface area (Å²) in [5.74, 6) is -0.119. The molecule has 2 fully saturated rings. The van der Waals surface area contributed by atoms with Gasteiger partial charge in [0.25, 0.3) is 11.8 Å². The van der Waals surface area contributed by atoms with E-state index in [9.17, 15) is 9.59 Å². The number of fused-ring (bicyclic) bond motifs is 2. The van der Waals surface area contributed by atoms with E-state index in [1.165, 1.54) is 24.0 Å². The molecule has 2 aromatic rings. The number of anilines is 1. The lowest BCUT2D eigenvalue weighted by atomic mass is 10.1. The minimum atomic E-state index is -0.340. The fraction of sp³-hybridized carbons (Fsp3) is 0.412. The second-order valence-corrected chi connectivity index (χ2v) is 7.19. The average Bonchev–Trinajstić information content (AvgIpc) is 3.28. The van der Waals surface area contributed by atoms with E-state index in [2.05, 4.69) is 10.6 Å². The molecule has 2 aliphatic rings. The van der Waals surface area contributed by atoms with Crippen molar-refractivity contribution < 1.29 is 14.0 Å². The van der Waals surface area contributed by atoms with Gasteiger partial charge in [0.15, 0.2) is 5.76 Å². The standard InChI is InChI=1S/C17H19N3O3S.ClH/c21-15(14-2-1-8-23-14)19-16-13(6-9-24-16)17(22)20-7-5-11-3-4-12(10-20)18-11;/h1-2,6,8-9,11-12,18H,3-5,7,10H2,(H,19,21);1H. The third kappa shape index (κ3) is 3.73. The van der Waals surface area contributed by atoms with E-state index < -0.39 is 0 Å². The molecule has 2 unspecified atom stereocenters. The molecular weight excluding hydrogens is 362 g/mol. The summed E-state index contributed by atoms with van der Waals surface area (Å²) in [6, 6.07) is 5.96. The van der Waals surface area contributed by atoms with Crippen LogP contribution in [-0.2, 0) is 0 Å². The van der Waals surface area contributed by atoms with Gasteiger partial charge in [-0.1, -0.05) is 0 Å². The van der Waals surface area contributed by atoms with E-state index >= 15 is 0 Å². The Balaban J connectivity index is 0.00000182. The number of nitrogens with one attached hydrogen (secondary N) is 2. The maximum Gasteiger partial charge on any atom is 0.291 e. The summed E-state index contributed by atoms with van der Waals surface area (Å²) in [6.45, 7) is 1.49. The lowest BCUT2D eigenvalue weighted by molar-refractivity contribution is 0.0749. The SMILES string of the molecule is Cl.O=C(Nc1sccc1C(=O)N1CCC2CCC(C1)N2)c1ccco1. The van der Waals surface area contributed by atoms with Gasteiger partial charge in [-0.25, -0.2) is 0 Å². The molecule has 2 N–H and O–H groups in total. The van der Waals surface area contributed by atoms with Gasteiger partial charge in [-0.05, 0) is 42.8 Å².